The summed E-state index contributed by atoms with van der Waals surface area (Å²) in [6, 6.07) is 18.6. The molecule has 0 radical (unpaired) electrons. The van der Waals surface area contributed by atoms with Gasteiger partial charge in [0.1, 0.15) is 0 Å². The number of fused-ring (bicyclic) bond motifs is 5. The third-order valence-electron chi connectivity index (χ3n) is 6.01. The summed E-state index contributed by atoms with van der Waals surface area (Å²) in [5.74, 6) is 1.80. The summed E-state index contributed by atoms with van der Waals surface area (Å²) in [5.41, 5.74) is 5.30. The zero-order valence-corrected chi connectivity index (χ0v) is 15.3. The summed E-state index contributed by atoms with van der Waals surface area (Å²) >= 11 is 0. The van der Waals surface area contributed by atoms with Gasteiger partial charge < -0.3 is 14.8 Å². The van der Waals surface area contributed by atoms with E-state index in [0.717, 1.165) is 57.5 Å². The molecule has 3 aromatic rings. The molecule has 3 aromatic carbocycles. The van der Waals surface area contributed by atoms with Gasteiger partial charge in [0, 0.05) is 23.2 Å². The summed E-state index contributed by atoms with van der Waals surface area (Å²) in [6.45, 7) is 0.262. The largest absolute Gasteiger partial charge is 0.454 e. The van der Waals surface area contributed by atoms with Crippen molar-refractivity contribution in [2.45, 2.75) is 25.3 Å². The Morgan fingerprint density at radius 3 is 2.79 bits per heavy atom. The van der Waals surface area contributed by atoms with Crippen molar-refractivity contribution in [1.82, 2.24) is 0 Å². The van der Waals surface area contributed by atoms with Crippen LogP contribution in [0.15, 0.2) is 60.2 Å². The second kappa shape index (κ2) is 5.86. The van der Waals surface area contributed by atoms with Crippen molar-refractivity contribution in [3.8, 4) is 11.5 Å². The molecule has 6 rings (SSSR count). The Kier molecular flexibility index (Phi) is 3.30. The molecule has 4 heteroatoms. The first-order valence-electron chi connectivity index (χ1n) is 9.74. The summed E-state index contributed by atoms with van der Waals surface area (Å²) in [6.07, 6.45) is 2.45. The number of benzene rings is 3. The number of hydrogen-bond donors (Lipinski definition) is 1. The zero-order valence-electron chi connectivity index (χ0n) is 15.3. The molecule has 1 atom stereocenters. The van der Waals surface area contributed by atoms with E-state index in [1.54, 1.807) is 0 Å². The van der Waals surface area contributed by atoms with Crippen LogP contribution in [0.25, 0.3) is 16.3 Å². The first kappa shape index (κ1) is 15.8. The molecule has 0 unspecified atom stereocenters. The van der Waals surface area contributed by atoms with Crippen molar-refractivity contribution in [2.24, 2.45) is 0 Å². The second-order valence-electron chi connectivity index (χ2n) is 7.58. The van der Waals surface area contributed by atoms with Gasteiger partial charge in [0.15, 0.2) is 17.3 Å². The lowest BCUT2D eigenvalue weighted by Crippen LogP contribution is -2.25. The van der Waals surface area contributed by atoms with E-state index in [9.17, 15) is 4.79 Å². The fourth-order valence-corrected chi connectivity index (χ4v) is 4.74. The van der Waals surface area contributed by atoms with Crippen molar-refractivity contribution < 1.29 is 14.3 Å². The predicted molar refractivity (Wildman–Crippen MR) is 109 cm³/mol. The van der Waals surface area contributed by atoms with Crippen LogP contribution >= 0.6 is 0 Å². The van der Waals surface area contributed by atoms with E-state index >= 15 is 0 Å². The molecule has 1 aliphatic carbocycles. The van der Waals surface area contributed by atoms with Crippen molar-refractivity contribution in [2.75, 3.05) is 12.1 Å². The van der Waals surface area contributed by atoms with Crippen molar-refractivity contribution in [3.63, 3.8) is 0 Å². The van der Waals surface area contributed by atoms with Crippen LogP contribution in [0.1, 0.15) is 36.4 Å². The Hall–Kier alpha value is -3.27. The van der Waals surface area contributed by atoms with Gasteiger partial charge in [-0.05, 0) is 52.9 Å². The molecule has 0 saturated carbocycles. The molecular weight excluding hydrogens is 350 g/mol. The molecule has 1 N–H and O–H groups in total. The van der Waals surface area contributed by atoms with E-state index in [2.05, 4.69) is 35.6 Å². The zero-order chi connectivity index (χ0) is 18.7. The van der Waals surface area contributed by atoms with Crippen LogP contribution in [0.5, 0.6) is 11.5 Å². The predicted octanol–water partition coefficient (Wildman–Crippen LogP) is 5.24. The average molecular weight is 369 g/mol. The third kappa shape index (κ3) is 2.21. The van der Waals surface area contributed by atoms with Crippen molar-refractivity contribution >= 4 is 27.8 Å². The second-order valence-corrected chi connectivity index (χ2v) is 7.58. The fraction of sp³-hybridized carbons (Fsp3) is 0.208. The van der Waals surface area contributed by atoms with Crippen LogP contribution < -0.4 is 14.8 Å². The number of hydrogen-bond acceptors (Lipinski definition) is 4. The van der Waals surface area contributed by atoms with Crippen LogP contribution in [0.2, 0.25) is 0 Å². The van der Waals surface area contributed by atoms with Gasteiger partial charge in [-0.2, -0.15) is 0 Å². The average Bonchev–Trinajstić information content (AvgIpc) is 3.21. The number of allylic oxidation sites excluding steroid dienone is 1. The summed E-state index contributed by atoms with van der Waals surface area (Å²) in [7, 11) is 0. The Morgan fingerprint density at radius 1 is 0.929 bits per heavy atom. The molecule has 0 fully saturated rings. The molecule has 4 nitrogen and oxygen atoms in total. The topological polar surface area (TPSA) is 47.6 Å². The van der Waals surface area contributed by atoms with Gasteiger partial charge in [-0.25, -0.2) is 0 Å². The highest BCUT2D eigenvalue weighted by Gasteiger charge is 2.34. The van der Waals surface area contributed by atoms with Crippen LogP contribution in [-0.2, 0) is 4.79 Å². The van der Waals surface area contributed by atoms with Gasteiger partial charge >= 0.3 is 0 Å². The number of carbonyl (C=O) groups is 1. The first-order chi connectivity index (χ1) is 13.8. The smallest absolute Gasteiger partial charge is 0.231 e. The van der Waals surface area contributed by atoms with Crippen LogP contribution in [0.3, 0.4) is 0 Å². The molecule has 3 aliphatic rings. The maximum Gasteiger partial charge on any atom is 0.231 e. The lowest BCUT2D eigenvalue weighted by molar-refractivity contribution is -0.114. The molecule has 28 heavy (non-hydrogen) atoms. The highest BCUT2D eigenvalue weighted by molar-refractivity contribution is 6.27. The molecule has 0 aromatic heterocycles. The number of ketones is 1. The Balaban J connectivity index is 1.59. The summed E-state index contributed by atoms with van der Waals surface area (Å²) < 4.78 is 11.0. The monoisotopic (exact) mass is 369 g/mol. The van der Waals surface area contributed by atoms with Gasteiger partial charge in [0.05, 0.1) is 6.04 Å². The third-order valence-corrected chi connectivity index (χ3v) is 6.01. The van der Waals surface area contributed by atoms with Gasteiger partial charge in [0.25, 0.3) is 0 Å². The molecule has 2 aliphatic heterocycles. The number of carbonyl (C=O) groups excluding carboxylic acids is 1. The van der Waals surface area contributed by atoms with E-state index in [-0.39, 0.29) is 18.6 Å². The Bertz CT molecular complexity index is 1180. The molecule has 0 amide bonds. The van der Waals surface area contributed by atoms with Crippen molar-refractivity contribution in [1.29, 1.82) is 0 Å². The number of Topliss-reactive ketones (excluding diaryl/α,β-unsaturated/α-hetero) is 1. The molecular formula is C24H19NO3. The Labute approximate surface area is 162 Å². The molecule has 0 saturated heterocycles. The van der Waals surface area contributed by atoms with Gasteiger partial charge in [-0.3, -0.25) is 4.79 Å². The minimum atomic E-state index is -0.0255. The van der Waals surface area contributed by atoms with E-state index in [1.165, 1.54) is 5.57 Å². The normalized spacial score (nSPS) is 20.0. The van der Waals surface area contributed by atoms with Crippen molar-refractivity contribution in [3.05, 3.63) is 71.3 Å². The van der Waals surface area contributed by atoms with Crippen LogP contribution in [0.4, 0.5) is 5.69 Å². The summed E-state index contributed by atoms with van der Waals surface area (Å²) in [4.78, 5) is 13.1. The number of ether oxygens (including phenoxy) is 2. The maximum atomic E-state index is 13.1. The molecule has 0 bridgehead atoms. The molecule has 0 spiro atoms. The minimum Gasteiger partial charge on any atom is -0.454 e. The number of anilines is 1. The van der Waals surface area contributed by atoms with Crippen LogP contribution in [0, 0.1) is 0 Å². The van der Waals surface area contributed by atoms with Gasteiger partial charge in [-0.1, -0.05) is 36.4 Å². The number of rotatable bonds is 1. The lowest BCUT2D eigenvalue weighted by Gasteiger charge is -2.35. The van der Waals surface area contributed by atoms with Crippen LogP contribution in [-0.4, -0.2) is 12.6 Å². The Morgan fingerprint density at radius 2 is 1.82 bits per heavy atom. The molecule has 2 heterocycles. The number of nitrogens with one attached hydrogen (secondary N) is 1. The minimum absolute atomic E-state index is 0.0255. The van der Waals surface area contributed by atoms with Gasteiger partial charge in [-0.15, -0.1) is 0 Å². The first-order valence-corrected chi connectivity index (χ1v) is 9.74. The quantitative estimate of drug-likeness (QED) is 0.637. The summed E-state index contributed by atoms with van der Waals surface area (Å²) in [5, 5.41) is 6.01. The SMILES string of the molecule is O=C1CCCC2=C1c1c(ccc3ccccc13)N[C@@H]2c1ccc2c(c1)OCO2. The van der Waals surface area contributed by atoms with E-state index in [4.69, 9.17) is 9.47 Å². The highest BCUT2D eigenvalue weighted by Crippen LogP contribution is 2.48. The molecule has 138 valence electrons. The highest BCUT2D eigenvalue weighted by atomic mass is 16.7. The fourth-order valence-electron chi connectivity index (χ4n) is 4.74. The van der Waals surface area contributed by atoms with E-state index in [0.29, 0.717) is 6.42 Å². The standard InChI is InChI=1S/C24H19NO3/c26-19-7-3-6-17-23(19)22-16-5-2-1-4-14(16)8-10-18(22)25-24(17)15-9-11-20-21(12-15)28-13-27-20/h1-2,4-5,8-12,24-25H,3,6-7,13H2/t24-/m1/s1. The van der Waals surface area contributed by atoms with E-state index < -0.39 is 0 Å². The lowest BCUT2D eigenvalue weighted by atomic mass is 9.77. The maximum absolute atomic E-state index is 13.1. The van der Waals surface area contributed by atoms with E-state index in [1.807, 2.05) is 24.3 Å². The van der Waals surface area contributed by atoms with Gasteiger partial charge in [0.2, 0.25) is 6.79 Å².